The molecule has 0 radical (unpaired) electrons. The smallest absolute Gasteiger partial charge is 0.200 e. The van der Waals surface area contributed by atoms with Crippen LogP contribution < -0.4 is 20.4 Å². The number of anilines is 1. The number of benzene rings is 1. The third kappa shape index (κ3) is 3.75. The number of fused-ring (bicyclic) bond motifs is 1. The molecule has 7 heteroatoms. The molecule has 1 N–H and O–H groups in total. The van der Waals surface area contributed by atoms with Crippen molar-refractivity contribution in [1.82, 2.24) is 9.88 Å². The number of aromatic nitrogens is 1. The topological polar surface area (TPSA) is 63.6 Å². The Morgan fingerprint density at radius 3 is 2.76 bits per heavy atom. The summed E-state index contributed by atoms with van der Waals surface area (Å²) in [5.74, 6) is -0.101. The van der Waals surface area contributed by atoms with Crippen LogP contribution in [0.3, 0.4) is 0 Å². The lowest BCUT2D eigenvalue weighted by atomic mass is 10.1. The number of halogens is 1. The first-order chi connectivity index (χ1) is 14.0. The van der Waals surface area contributed by atoms with Gasteiger partial charge in [-0.3, -0.25) is 9.59 Å². The maximum Gasteiger partial charge on any atom is 0.200 e. The van der Waals surface area contributed by atoms with Crippen LogP contribution in [0.2, 0.25) is 0 Å². The van der Waals surface area contributed by atoms with Crippen LogP contribution >= 0.6 is 0 Å². The van der Waals surface area contributed by atoms with E-state index in [0.29, 0.717) is 29.8 Å². The highest BCUT2D eigenvalue weighted by atomic mass is 19.1. The van der Waals surface area contributed by atoms with Crippen LogP contribution in [0.1, 0.15) is 55.4 Å². The van der Waals surface area contributed by atoms with E-state index in [-0.39, 0.29) is 23.0 Å². The zero-order valence-electron chi connectivity index (χ0n) is 17.0. The van der Waals surface area contributed by atoms with Crippen LogP contribution in [0.25, 0.3) is 10.9 Å². The first-order valence-corrected chi connectivity index (χ1v) is 10.4. The number of nitrogens with zero attached hydrogens (tertiary/aromatic N) is 2. The molecule has 29 heavy (non-hydrogen) atoms. The summed E-state index contributed by atoms with van der Waals surface area (Å²) in [6, 6.07) is 1.70. The van der Waals surface area contributed by atoms with E-state index >= 15 is 4.39 Å². The molecular weight excluding hydrogens is 373 g/mol. The summed E-state index contributed by atoms with van der Waals surface area (Å²) in [6.07, 6.45) is 7.23. The molecule has 156 valence electrons. The van der Waals surface area contributed by atoms with Crippen molar-refractivity contribution >= 4 is 22.9 Å². The van der Waals surface area contributed by atoms with Gasteiger partial charge in [-0.15, -0.1) is 0 Å². The van der Waals surface area contributed by atoms with E-state index in [1.807, 2.05) is 9.47 Å². The van der Waals surface area contributed by atoms with Crippen molar-refractivity contribution < 1.29 is 13.9 Å². The number of nitrogens with one attached hydrogen (secondary N) is 1. The number of carbonyl (C=O) groups is 1. The van der Waals surface area contributed by atoms with Gasteiger partial charge in [-0.05, 0) is 45.2 Å². The summed E-state index contributed by atoms with van der Waals surface area (Å²) in [4.78, 5) is 26.2. The Kier molecular flexibility index (Phi) is 5.58. The Hall–Kier alpha value is -2.41. The van der Waals surface area contributed by atoms with Crippen LogP contribution in [0.4, 0.5) is 10.1 Å². The van der Waals surface area contributed by atoms with E-state index in [0.717, 1.165) is 45.2 Å². The van der Waals surface area contributed by atoms with E-state index in [4.69, 9.17) is 4.74 Å². The van der Waals surface area contributed by atoms with Gasteiger partial charge < -0.3 is 19.5 Å². The fourth-order valence-electron chi connectivity index (χ4n) is 4.32. The van der Waals surface area contributed by atoms with Crippen molar-refractivity contribution in [3.05, 3.63) is 33.9 Å². The minimum Gasteiger partial charge on any atom is -0.492 e. The second-order valence-corrected chi connectivity index (χ2v) is 8.17. The maximum absolute atomic E-state index is 15.4. The fourth-order valence-corrected chi connectivity index (χ4v) is 4.32. The van der Waals surface area contributed by atoms with Gasteiger partial charge in [0.05, 0.1) is 23.6 Å². The van der Waals surface area contributed by atoms with Gasteiger partial charge >= 0.3 is 0 Å². The Labute approximate surface area is 169 Å². The Balaban J connectivity index is 1.94. The molecule has 1 atom stereocenters. The van der Waals surface area contributed by atoms with Gasteiger partial charge in [-0.1, -0.05) is 6.42 Å². The van der Waals surface area contributed by atoms with E-state index in [1.54, 1.807) is 6.20 Å². The van der Waals surface area contributed by atoms with E-state index < -0.39 is 11.2 Å². The van der Waals surface area contributed by atoms with Gasteiger partial charge in [-0.25, -0.2) is 4.39 Å². The molecule has 1 aromatic heterocycles. The maximum atomic E-state index is 15.4. The minimum atomic E-state index is -0.483. The number of methoxy groups -OCH3 is 1. The average molecular weight is 401 g/mol. The molecule has 2 heterocycles. The highest BCUT2D eigenvalue weighted by Gasteiger charge is 2.30. The minimum absolute atomic E-state index is 0.0548. The van der Waals surface area contributed by atoms with Gasteiger partial charge in [0, 0.05) is 31.4 Å². The van der Waals surface area contributed by atoms with Crippen LogP contribution in [0.15, 0.2) is 17.1 Å². The third-order valence-corrected chi connectivity index (χ3v) is 5.91. The highest BCUT2D eigenvalue weighted by Crippen LogP contribution is 2.43. The number of hydrogen-bond donors (Lipinski definition) is 1. The first-order valence-electron chi connectivity index (χ1n) is 10.4. The molecule has 0 bridgehead atoms. The van der Waals surface area contributed by atoms with E-state index in [9.17, 15) is 9.59 Å². The van der Waals surface area contributed by atoms with Gasteiger partial charge in [-0.2, -0.15) is 0 Å². The van der Waals surface area contributed by atoms with Gasteiger partial charge in [0.1, 0.15) is 5.69 Å². The molecule has 4 rings (SSSR count). The number of ether oxygens (including phenoxy) is 1. The molecule has 2 aromatic rings. The lowest BCUT2D eigenvalue weighted by Gasteiger charge is -2.30. The standard InChI is InChI=1S/C22H28FN3O3/c1-14-11-25(9-5-3-4-8-24-14)20-18(23)10-17-19(22(20)29-2)26(16-6-7-16)12-15(13-27)21(17)28/h10,12-14,16,24H,3-9,11H2,1-2H3. The normalized spacial score (nSPS) is 20.8. The quantitative estimate of drug-likeness (QED) is 0.797. The fraction of sp³-hybridized carbons (Fsp3) is 0.545. The number of carbonyl (C=O) groups excluding carboxylic acids is 1. The molecular formula is C22H28FN3O3. The molecule has 1 aliphatic carbocycles. The largest absolute Gasteiger partial charge is 0.492 e. The van der Waals surface area contributed by atoms with Gasteiger partial charge in [0.2, 0.25) is 0 Å². The summed E-state index contributed by atoms with van der Waals surface area (Å²) in [5.41, 5.74) is 0.597. The van der Waals surface area contributed by atoms with E-state index in [2.05, 4.69) is 12.2 Å². The SMILES string of the molecule is COc1c(N2CCCCCNC(C)C2)c(F)cc2c(=O)c(C=O)cn(C3CC3)c12. The predicted octanol–water partition coefficient (Wildman–Crippen LogP) is 3.27. The predicted molar refractivity (Wildman–Crippen MR) is 112 cm³/mol. The summed E-state index contributed by atoms with van der Waals surface area (Å²) < 4.78 is 23.1. The zero-order valence-corrected chi connectivity index (χ0v) is 17.0. The van der Waals surface area contributed by atoms with Crippen molar-refractivity contribution in [2.24, 2.45) is 0 Å². The third-order valence-electron chi connectivity index (χ3n) is 5.91. The molecule has 1 saturated carbocycles. The van der Waals surface area contributed by atoms with Crippen molar-refractivity contribution in [1.29, 1.82) is 0 Å². The molecule has 6 nitrogen and oxygen atoms in total. The molecule has 1 aliphatic heterocycles. The Morgan fingerprint density at radius 1 is 1.28 bits per heavy atom. The molecule has 2 aliphatic rings. The highest BCUT2D eigenvalue weighted by molar-refractivity contribution is 5.94. The second-order valence-electron chi connectivity index (χ2n) is 8.17. The summed E-state index contributed by atoms with van der Waals surface area (Å²) >= 11 is 0. The zero-order chi connectivity index (χ0) is 20.5. The summed E-state index contributed by atoms with van der Waals surface area (Å²) in [6.45, 7) is 4.44. The lowest BCUT2D eigenvalue weighted by molar-refractivity contribution is 0.112. The van der Waals surface area contributed by atoms with Crippen LogP contribution in [0, 0.1) is 5.82 Å². The first kappa shape index (κ1) is 19.9. The van der Waals surface area contributed by atoms with Crippen molar-refractivity contribution in [3.63, 3.8) is 0 Å². The van der Waals surface area contributed by atoms with Gasteiger partial charge in [0.15, 0.2) is 23.3 Å². The molecule has 1 unspecified atom stereocenters. The van der Waals surface area contributed by atoms with Crippen LogP contribution in [-0.4, -0.2) is 43.6 Å². The van der Waals surface area contributed by atoms with Crippen molar-refractivity contribution in [3.8, 4) is 5.75 Å². The average Bonchev–Trinajstić information content (AvgIpc) is 3.53. The van der Waals surface area contributed by atoms with Crippen molar-refractivity contribution in [2.75, 3.05) is 31.6 Å². The molecule has 1 aromatic carbocycles. The molecule has 0 spiro atoms. The summed E-state index contributed by atoms with van der Waals surface area (Å²) in [5, 5.41) is 3.69. The van der Waals surface area contributed by atoms with Crippen molar-refractivity contribution in [2.45, 2.75) is 51.1 Å². The second kappa shape index (κ2) is 8.14. The number of pyridine rings is 1. The number of rotatable bonds is 4. The monoisotopic (exact) mass is 401 g/mol. The van der Waals surface area contributed by atoms with Gasteiger partial charge in [0.25, 0.3) is 0 Å². The number of aldehydes is 1. The molecule has 1 saturated heterocycles. The van der Waals surface area contributed by atoms with Crippen LogP contribution in [-0.2, 0) is 0 Å². The molecule has 2 fully saturated rings. The Bertz CT molecular complexity index is 984. The molecule has 0 amide bonds. The summed E-state index contributed by atoms with van der Waals surface area (Å²) in [7, 11) is 1.52. The lowest BCUT2D eigenvalue weighted by Crippen LogP contribution is -2.39. The van der Waals surface area contributed by atoms with E-state index in [1.165, 1.54) is 13.2 Å². The number of hydrogen-bond acceptors (Lipinski definition) is 5. The Morgan fingerprint density at radius 2 is 2.07 bits per heavy atom. The van der Waals surface area contributed by atoms with Crippen LogP contribution in [0.5, 0.6) is 5.75 Å².